The van der Waals surface area contributed by atoms with Crippen LogP contribution in [0, 0.1) is 18.3 Å². The maximum atomic E-state index is 12.5. The highest BCUT2D eigenvalue weighted by molar-refractivity contribution is 5.87. The molecule has 128 valence electrons. The zero-order chi connectivity index (χ0) is 17.6. The lowest BCUT2D eigenvalue weighted by Crippen LogP contribution is -2.51. The molecule has 23 heavy (non-hydrogen) atoms. The van der Waals surface area contributed by atoms with Crippen LogP contribution in [0.25, 0.3) is 0 Å². The zero-order valence-corrected chi connectivity index (χ0v) is 14.6. The Kier molecular flexibility index (Phi) is 6.61. The number of carboxylic acids is 1. The summed E-state index contributed by atoms with van der Waals surface area (Å²) in [7, 11) is 0. The fourth-order valence-corrected chi connectivity index (χ4v) is 2.06. The van der Waals surface area contributed by atoms with Gasteiger partial charge >= 0.3 is 5.97 Å². The largest absolute Gasteiger partial charge is 0.492 e. The molecule has 0 aliphatic carbocycles. The van der Waals surface area contributed by atoms with E-state index in [0.29, 0.717) is 6.42 Å². The van der Waals surface area contributed by atoms with Crippen molar-refractivity contribution in [3.05, 3.63) is 29.8 Å². The van der Waals surface area contributed by atoms with Crippen LogP contribution in [0.3, 0.4) is 0 Å². The molecule has 0 bridgehead atoms. The van der Waals surface area contributed by atoms with Crippen molar-refractivity contribution >= 4 is 11.9 Å². The van der Waals surface area contributed by atoms with Crippen LogP contribution in [0.2, 0.25) is 0 Å². The summed E-state index contributed by atoms with van der Waals surface area (Å²) in [5.74, 6) is -0.739. The van der Waals surface area contributed by atoms with Crippen LogP contribution in [-0.2, 0) is 9.59 Å². The molecule has 5 nitrogen and oxygen atoms in total. The Bertz CT molecular complexity index is 554. The molecule has 1 rings (SSSR count). The molecule has 2 atom stereocenters. The number of hydrogen-bond acceptors (Lipinski definition) is 3. The van der Waals surface area contributed by atoms with E-state index in [0.717, 1.165) is 11.3 Å². The summed E-state index contributed by atoms with van der Waals surface area (Å²) in [5, 5.41) is 11.9. The average Bonchev–Trinajstić information content (AvgIpc) is 2.50. The molecule has 1 amide bonds. The van der Waals surface area contributed by atoms with Gasteiger partial charge < -0.3 is 15.2 Å². The van der Waals surface area contributed by atoms with Gasteiger partial charge in [0.05, 0.1) is 5.41 Å². The monoisotopic (exact) mass is 321 g/mol. The first kappa shape index (κ1) is 19.0. The Morgan fingerprint density at radius 2 is 1.91 bits per heavy atom. The van der Waals surface area contributed by atoms with Gasteiger partial charge in [0.2, 0.25) is 5.91 Å². The fraction of sp³-hybridized carbons (Fsp3) is 0.556. The summed E-state index contributed by atoms with van der Waals surface area (Å²) in [6.07, 6.45) is 0.678. The van der Waals surface area contributed by atoms with Gasteiger partial charge in [-0.2, -0.15) is 0 Å². The number of benzene rings is 1. The SMILES string of the molecule is CCC(C)C(NC(=O)C(C)(C)COc1ccccc1C)C(=O)O. The van der Waals surface area contributed by atoms with Gasteiger partial charge in [-0.3, -0.25) is 4.79 Å². The second kappa shape index (κ2) is 7.99. The summed E-state index contributed by atoms with van der Waals surface area (Å²) < 4.78 is 5.74. The molecular weight excluding hydrogens is 294 g/mol. The lowest BCUT2D eigenvalue weighted by Gasteiger charge is -2.28. The van der Waals surface area contributed by atoms with Crippen LogP contribution < -0.4 is 10.1 Å². The number of aliphatic carboxylic acids is 1. The number of nitrogens with one attached hydrogen (secondary N) is 1. The number of hydrogen-bond donors (Lipinski definition) is 2. The first-order valence-electron chi connectivity index (χ1n) is 7.91. The highest BCUT2D eigenvalue weighted by atomic mass is 16.5. The van der Waals surface area contributed by atoms with E-state index in [9.17, 15) is 14.7 Å². The second-order valence-corrected chi connectivity index (χ2v) is 6.61. The Hall–Kier alpha value is -2.04. The molecule has 0 radical (unpaired) electrons. The lowest BCUT2D eigenvalue weighted by atomic mass is 9.91. The number of ether oxygens (including phenoxy) is 1. The quantitative estimate of drug-likeness (QED) is 0.772. The van der Waals surface area contributed by atoms with Gasteiger partial charge in [-0.1, -0.05) is 38.5 Å². The number of rotatable bonds is 8. The van der Waals surface area contributed by atoms with Gasteiger partial charge in [0.15, 0.2) is 0 Å². The minimum Gasteiger partial charge on any atom is -0.492 e. The summed E-state index contributed by atoms with van der Waals surface area (Å²) in [4.78, 5) is 23.8. The van der Waals surface area contributed by atoms with Gasteiger partial charge in [-0.25, -0.2) is 4.79 Å². The number of para-hydroxylation sites is 1. The van der Waals surface area contributed by atoms with E-state index < -0.39 is 17.4 Å². The Morgan fingerprint density at radius 3 is 2.43 bits per heavy atom. The van der Waals surface area contributed by atoms with Gasteiger partial charge in [-0.05, 0) is 38.3 Å². The molecule has 0 saturated carbocycles. The van der Waals surface area contributed by atoms with Crippen LogP contribution >= 0.6 is 0 Å². The molecule has 1 aromatic carbocycles. The lowest BCUT2D eigenvalue weighted by molar-refractivity contribution is -0.145. The molecule has 2 N–H and O–H groups in total. The van der Waals surface area contributed by atoms with Crippen LogP contribution in [-0.4, -0.2) is 29.6 Å². The van der Waals surface area contributed by atoms with E-state index in [4.69, 9.17) is 4.74 Å². The normalized spacial score (nSPS) is 14.0. The third kappa shape index (κ3) is 5.27. The van der Waals surface area contributed by atoms with Crippen LogP contribution in [0.1, 0.15) is 39.7 Å². The topological polar surface area (TPSA) is 75.6 Å². The molecule has 0 heterocycles. The van der Waals surface area contributed by atoms with Crippen molar-refractivity contribution in [2.75, 3.05) is 6.61 Å². The molecule has 0 aliphatic heterocycles. The molecular formula is C18H27NO4. The highest BCUT2D eigenvalue weighted by Gasteiger charge is 2.34. The molecule has 5 heteroatoms. The minimum absolute atomic E-state index is 0.135. The summed E-state index contributed by atoms with van der Waals surface area (Å²) in [6, 6.07) is 6.70. The zero-order valence-electron chi connectivity index (χ0n) is 14.6. The number of carboxylic acid groups (broad SMARTS) is 1. The maximum absolute atomic E-state index is 12.5. The van der Waals surface area contributed by atoms with E-state index in [2.05, 4.69) is 5.32 Å². The van der Waals surface area contributed by atoms with Gasteiger partial charge in [0, 0.05) is 0 Å². The second-order valence-electron chi connectivity index (χ2n) is 6.61. The van der Waals surface area contributed by atoms with Crippen molar-refractivity contribution in [1.82, 2.24) is 5.32 Å². The van der Waals surface area contributed by atoms with Crippen molar-refractivity contribution in [1.29, 1.82) is 0 Å². The number of amides is 1. The maximum Gasteiger partial charge on any atom is 0.326 e. The third-order valence-electron chi connectivity index (χ3n) is 4.06. The Labute approximate surface area is 138 Å². The predicted molar refractivity (Wildman–Crippen MR) is 89.5 cm³/mol. The van der Waals surface area contributed by atoms with Crippen molar-refractivity contribution in [2.24, 2.45) is 11.3 Å². The van der Waals surface area contributed by atoms with Gasteiger partial charge in [-0.15, -0.1) is 0 Å². The van der Waals surface area contributed by atoms with E-state index in [1.165, 1.54) is 0 Å². The van der Waals surface area contributed by atoms with Crippen molar-refractivity contribution < 1.29 is 19.4 Å². The summed E-state index contributed by atoms with van der Waals surface area (Å²) in [6.45, 7) is 9.32. The van der Waals surface area contributed by atoms with E-state index >= 15 is 0 Å². The average molecular weight is 321 g/mol. The standard InChI is InChI=1S/C18H27NO4/c1-6-12(2)15(16(20)21)19-17(22)18(4,5)11-23-14-10-8-7-9-13(14)3/h7-10,12,15H,6,11H2,1-5H3,(H,19,22)(H,20,21). The molecule has 0 fully saturated rings. The molecule has 0 spiro atoms. The van der Waals surface area contributed by atoms with Crippen LogP contribution in [0.4, 0.5) is 0 Å². The minimum atomic E-state index is -1.01. The van der Waals surface area contributed by atoms with Crippen molar-refractivity contribution in [2.45, 2.75) is 47.1 Å². The molecule has 2 unspecified atom stereocenters. The van der Waals surface area contributed by atoms with Crippen LogP contribution in [0.15, 0.2) is 24.3 Å². The number of carbonyl (C=O) groups excluding carboxylic acids is 1. The van der Waals surface area contributed by atoms with E-state index in [-0.39, 0.29) is 18.4 Å². The van der Waals surface area contributed by atoms with Crippen LogP contribution in [0.5, 0.6) is 5.75 Å². The van der Waals surface area contributed by atoms with Gasteiger partial charge in [0.25, 0.3) is 0 Å². The predicted octanol–water partition coefficient (Wildman–Crippen LogP) is 3.02. The molecule has 0 saturated heterocycles. The number of carbonyl (C=O) groups is 2. The Morgan fingerprint density at radius 1 is 1.30 bits per heavy atom. The summed E-state index contributed by atoms with van der Waals surface area (Å²) >= 11 is 0. The highest BCUT2D eigenvalue weighted by Crippen LogP contribution is 2.22. The first-order valence-corrected chi connectivity index (χ1v) is 7.91. The molecule has 0 aromatic heterocycles. The third-order valence-corrected chi connectivity index (χ3v) is 4.06. The summed E-state index contributed by atoms with van der Waals surface area (Å²) in [5.41, 5.74) is 0.162. The Balaban J connectivity index is 2.72. The fourth-order valence-electron chi connectivity index (χ4n) is 2.06. The number of aryl methyl sites for hydroxylation is 1. The van der Waals surface area contributed by atoms with Crippen molar-refractivity contribution in [3.63, 3.8) is 0 Å². The van der Waals surface area contributed by atoms with E-state index in [1.54, 1.807) is 13.8 Å². The molecule has 0 aliphatic rings. The van der Waals surface area contributed by atoms with Gasteiger partial charge in [0.1, 0.15) is 18.4 Å². The smallest absolute Gasteiger partial charge is 0.326 e. The first-order chi connectivity index (χ1) is 10.7. The molecule has 1 aromatic rings. The van der Waals surface area contributed by atoms with Crippen molar-refractivity contribution in [3.8, 4) is 5.75 Å². The van der Waals surface area contributed by atoms with E-state index in [1.807, 2.05) is 45.0 Å².